The molecule has 1 aromatic carbocycles. The van der Waals surface area contributed by atoms with Gasteiger partial charge in [0.1, 0.15) is 18.2 Å². The van der Waals surface area contributed by atoms with Gasteiger partial charge in [-0.2, -0.15) is 4.98 Å². The number of benzene rings is 1. The summed E-state index contributed by atoms with van der Waals surface area (Å²) in [5.74, 6) is 3.16. The summed E-state index contributed by atoms with van der Waals surface area (Å²) < 4.78 is 18.3. The highest BCUT2D eigenvalue weighted by Gasteiger charge is 2.22. The molecule has 0 aliphatic carbocycles. The maximum absolute atomic E-state index is 6.21. The van der Waals surface area contributed by atoms with Crippen LogP contribution in [0.4, 0.5) is 17.5 Å². The van der Waals surface area contributed by atoms with Crippen molar-refractivity contribution in [3.63, 3.8) is 0 Å². The molecule has 36 heavy (non-hydrogen) atoms. The van der Waals surface area contributed by atoms with Crippen LogP contribution in [0, 0.1) is 12.8 Å². The second-order valence-electron chi connectivity index (χ2n) is 10.3. The van der Waals surface area contributed by atoms with E-state index in [1.54, 1.807) is 0 Å². The van der Waals surface area contributed by atoms with Crippen molar-refractivity contribution in [2.45, 2.75) is 52.1 Å². The van der Waals surface area contributed by atoms with E-state index in [9.17, 15) is 0 Å². The van der Waals surface area contributed by atoms with Gasteiger partial charge in [0.05, 0.1) is 6.61 Å². The van der Waals surface area contributed by atoms with Crippen molar-refractivity contribution in [1.82, 2.24) is 14.9 Å². The molecule has 2 aromatic rings. The van der Waals surface area contributed by atoms with Crippen LogP contribution >= 0.6 is 0 Å². The summed E-state index contributed by atoms with van der Waals surface area (Å²) in [7, 11) is 0. The summed E-state index contributed by atoms with van der Waals surface area (Å²) in [6.45, 7) is 11.0. The molecule has 4 aliphatic heterocycles. The highest BCUT2D eigenvalue weighted by Crippen LogP contribution is 2.28. The number of likely N-dealkylation sites (tertiary alicyclic amines) is 1. The van der Waals surface area contributed by atoms with E-state index in [1.807, 2.05) is 18.3 Å². The number of hydrogen-bond acceptors (Lipinski definition) is 8. The van der Waals surface area contributed by atoms with Crippen molar-refractivity contribution in [2.75, 3.05) is 69.4 Å². The molecule has 0 amide bonds. The fourth-order valence-corrected chi connectivity index (χ4v) is 5.30. The molecule has 8 heteroatoms. The average Bonchev–Trinajstić information content (AvgIpc) is 3.41. The van der Waals surface area contributed by atoms with Crippen molar-refractivity contribution >= 4 is 17.5 Å². The molecule has 5 heterocycles. The van der Waals surface area contributed by atoms with Crippen LogP contribution in [0.15, 0.2) is 24.4 Å². The third-order valence-electron chi connectivity index (χ3n) is 7.48. The molecule has 6 rings (SSSR count). The molecule has 8 nitrogen and oxygen atoms in total. The maximum Gasteiger partial charge on any atom is 0.229 e. The number of aromatic nitrogens is 2. The normalized spacial score (nSPS) is 20.4. The largest absolute Gasteiger partial charge is 0.492 e. The number of nitrogens with one attached hydrogen (secondary N) is 1. The van der Waals surface area contributed by atoms with Crippen LogP contribution in [-0.2, 0) is 16.1 Å². The van der Waals surface area contributed by atoms with Gasteiger partial charge in [0.25, 0.3) is 0 Å². The summed E-state index contributed by atoms with van der Waals surface area (Å²) in [6, 6.07) is 6.20. The first kappa shape index (κ1) is 25.2. The second-order valence-corrected chi connectivity index (χ2v) is 10.3. The lowest BCUT2D eigenvalue weighted by atomic mass is 9.97. The zero-order valence-electron chi connectivity index (χ0n) is 21.7. The lowest BCUT2D eigenvalue weighted by Crippen LogP contribution is -2.36. The number of anilines is 3. The quantitative estimate of drug-likeness (QED) is 0.663. The van der Waals surface area contributed by atoms with Crippen LogP contribution in [-0.4, -0.2) is 74.0 Å². The van der Waals surface area contributed by atoms with Gasteiger partial charge in [0.15, 0.2) is 0 Å². The number of piperidine rings is 1. The van der Waals surface area contributed by atoms with Gasteiger partial charge >= 0.3 is 0 Å². The van der Waals surface area contributed by atoms with Crippen LogP contribution in [0.1, 0.15) is 49.7 Å². The molecule has 2 fully saturated rings. The van der Waals surface area contributed by atoms with Crippen molar-refractivity contribution in [3.8, 4) is 5.75 Å². The summed E-state index contributed by atoms with van der Waals surface area (Å²) in [5.41, 5.74) is 3.10. The average molecular weight is 496 g/mol. The number of rotatable bonds is 4. The summed E-state index contributed by atoms with van der Waals surface area (Å²) in [4.78, 5) is 14.3. The Hall–Kier alpha value is -2.42. The van der Waals surface area contributed by atoms with E-state index in [0.717, 1.165) is 93.5 Å². The minimum Gasteiger partial charge on any atom is -0.492 e. The fourth-order valence-electron chi connectivity index (χ4n) is 5.30. The molecule has 1 N–H and O–H groups in total. The van der Waals surface area contributed by atoms with Gasteiger partial charge in [-0.05, 0) is 82.7 Å². The van der Waals surface area contributed by atoms with Crippen LogP contribution < -0.4 is 15.0 Å². The van der Waals surface area contributed by atoms with Gasteiger partial charge in [-0.3, -0.25) is 4.90 Å². The highest BCUT2D eigenvalue weighted by atomic mass is 16.5. The van der Waals surface area contributed by atoms with Gasteiger partial charge < -0.3 is 24.4 Å². The Labute approximate surface area is 215 Å². The summed E-state index contributed by atoms with van der Waals surface area (Å²) in [5, 5.41) is 3.42. The Morgan fingerprint density at radius 2 is 1.83 bits per heavy atom. The smallest absolute Gasteiger partial charge is 0.229 e. The zero-order valence-corrected chi connectivity index (χ0v) is 21.7. The fraction of sp³-hybridized carbons (Fsp3) is 0.643. The van der Waals surface area contributed by atoms with E-state index >= 15 is 0 Å². The molecule has 0 radical (unpaired) electrons. The molecule has 1 aromatic heterocycles. The minimum atomic E-state index is 0.519. The Kier molecular flexibility index (Phi) is 8.90. The Morgan fingerprint density at radius 1 is 1.03 bits per heavy atom. The van der Waals surface area contributed by atoms with Crippen LogP contribution in [0.5, 0.6) is 5.75 Å². The van der Waals surface area contributed by atoms with E-state index in [-0.39, 0.29) is 0 Å². The second kappa shape index (κ2) is 12.7. The Morgan fingerprint density at radius 3 is 2.67 bits per heavy atom. The molecule has 4 aliphatic rings. The number of nitrogens with zero attached hydrogens (tertiary/aromatic N) is 4. The van der Waals surface area contributed by atoms with Crippen molar-refractivity contribution in [3.05, 3.63) is 35.5 Å². The van der Waals surface area contributed by atoms with Gasteiger partial charge in [-0.15, -0.1) is 0 Å². The monoisotopic (exact) mass is 495 g/mol. The van der Waals surface area contributed by atoms with Gasteiger partial charge in [0.2, 0.25) is 5.95 Å². The van der Waals surface area contributed by atoms with Crippen LogP contribution in [0.25, 0.3) is 0 Å². The third kappa shape index (κ3) is 6.87. The maximum atomic E-state index is 6.21. The molecule has 0 saturated carbocycles. The van der Waals surface area contributed by atoms with Gasteiger partial charge in [-0.1, -0.05) is 0 Å². The molecular formula is C28H41N5O3. The van der Waals surface area contributed by atoms with E-state index in [1.165, 1.54) is 25.9 Å². The molecular weight excluding hydrogens is 454 g/mol. The lowest BCUT2D eigenvalue weighted by molar-refractivity contribution is 0.0736. The van der Waals surface area contributed by atoms with Crippen molar-refractivity contribution < 1.29 is 14.2 Å². The summed E-state index contributed by atoms with van der Waals surface area (Å²) >= 11 is 0. The molecule has 0 atom stereocenters. The van der Waals surface area contributed by atoms with Crippen LogP contribution in [0.2, 0.25) is 0 Å². The first-order chi connectivity index (χ1) is 17.7. The number of hydrogen-bond donors (Lipinski definition) is 1. The molecule has 196 valence electrons. The van der Waals surface area contributed by atoms with Gasteiger partial charge in [-0.25, -0.2) is 4.98 Å². The predicted octanol–water partition coefficient (Wildman–Crippen LogP) is 4.55. The predicted molar refractivity (Wildman–Crippen MR) is 142 cm³/mol. The first-order valence-electron chi connectivity index (χ1n) is 13.7. The molecule has 0 unspecified atom stereocenters. The van der Waals surface area contributed by atoms with Crippen LogP contribution in [0.3, 0.4) is 0 Å². The summed E-state index contributed by atoms with van der Waals surface area (Å²) in [6.07, 6.45) is 8.82. The van der Waals surface area contributed by atoms with E-state index < -0.39 is 0 Å². The topological polar surface area (TPSA) is 72.0 Å². The lowest BCUT2D eigenvalue weighted by Gasteiger charge is -2.33. The van der Waals surface area contributed by atoms with E-state index in [4.69, 9.17) is 19.2 Å². The minimum absolute atomic E-state index is 0.519. The number of aryl methyl sites for hydroxylation is 1. The number of ether oxygens (including phenoxy) is 3. The van der Waals surface area contributed by atoms with Crippen molar-refractivity contribution in [2.24, 2.45) is 5.92 Å². The van der Waals surface area contributed by atoms with E-state index in [2.05, 4.69) is 33.1 Å². The standard InChI is InChI=1S/C28H41N5O3/c1-22-19-29-28-30-25-6-7-26(36-17-14-32-10-2-3-11-32)24(18-25)21-35-16-5-4-15-34-20-23-8-12-33(13-9-23)27(22)31-28/h6-7,18-19,23H,2-5,8-17,20-21H2,1H3,(H,29,30,31). The Bertz CT molecular complexity index is 974. The highest BCUT2D eigenvalue weighted by molar-refractivity contribution is 5.59. The van der Waals surface area contributed by atoms with Crippen molar-refractivity contribution in [1.29, 1.82) is 0 Å². The molecule has 6 bridgehead atoms. The Balaban J connectivity index is 1.32. The van der Waals surface area contributed by atoms with Gasteiger partial charge in [0, 0.05) is 62.5 Å². The van der Waals surface area contributed by atoms with E-state index in [0.29, 0.717) is 25.1 Å². The zero-order chi connectivity index (χ0) is 24.6. The number of fused-ring (bicyclic) bond motifs is 9. The third-order valence-corrected chi connectivity index (χ3v) is 7.48. The first-order valence-corrected chi connectivity index (χ1v) is 13.7. The molecule has 2 saturated heterocycles. The molecule has 0 spiro atoms. The SMILES string of the molecule is Cc1cnc2nc1N1CCC(CC1)COCCCCOCc1cc(ccc1OCCN1CCCC1)N2.